The first-order valence-electron chi connectivity index (χ1n) is 5.47. The van der Waals surface area contributed by atoms with Gasteiger partial charge in [0.2, 0.25) is 0 Å². The molecule has 1 aliphatic rings. The molecule has 0 bridgehead atoms. The van der Waals surface area contributed by atoms with Crippen molar-refractivity contribution in [2.24, 2.45) is 0 Å². The molecule has 0 aromatic carbocycles. The Morgan fingerprint density at radius 2 is 2.35 bits per heavy atom. The van der Waals surface area contributed by atoms with E-state index in [9.17, 15) is 0 Å². The second-order valence-corrected chi connectivity index (χ2v) is 6.60. The van der Waals surface area contributed by atoms with Gasteiger partial charge in [-0.3, -0.25) is 0 Å². The molecule has 0 unspecified atom stereocenters. The lowest BCUT2D eigenvalue weighted by Crippen LogP contribution is -1.88. The van der Waals surface area contributed by atoms with E-state index >= 15 is 0 Å². The van der Waals surface area contributed by atoms with Gasteiger partial charge in [-0.05, 0) is 24.8 Å². The number of aryl methyl sites for hydroxylation is 2. The lowest BCUT2D eigenvalue weighted by molar-refractivity contribution is 0.915. The van der Waals surface area contributed by atoms with Gasteiger partial charge in [0.1, 0.15) is 16.2 Å². The molecule has 0 N–H and O–H groups in total. The Balaban J connectivity index is 2.08. The number of thiophene rings is 1. The Hall–Kier alpha value is -0.580. The standard InChI is InChI=1S/C12H11ClN2S2/c1-7(13)5-16-11-10-8-3-2-4-9(8)17-12(10)15-6-14-11/h6H,1-5H2. The van der Waals surface area contributed by atoms with Gasteiger partial charge in [0.15, 0.2) is 0 Å². The van der Waals surface area contributed by atoms with Crippen LogP contribution in [0, 0.1) is 0 Å². The van der Waals surface area contributed by atoms with Crippen molar-refractivity contribution < 1.29 is 0 Å². The van der Waals surface area contributed by atoms with E-state index in [4.69, 9.17) is 11.6 Å². The van der Waals surface area contributed by atoms with E-state index in [0.29, 0.717) is 10.8 Å². The average Bonchev–Trinajstić information content (AvgIpc) is 2.85. The van der Waals surface area contributed by atoms with Crippen LogP contribution < -0.4 is 0 Å². The Kier molecular flexibility index (Phi) is 3.11. The van der Waals surface area contributed by atoms with Crippen molar-refractivity contribution in [2.45, 2.75) is 24.3 Å². The average molecular weight is 283 g/mol. The number of hydrogen-bond donors (Lipinski definition) is 0. The fraction of sp³-hybridized carbons (Fsp3) is 0.333. The maximum absolute atomic E-state index is 5.81. The SMILES string of the molecule is C=C(Cl)CSc1ncnc2sc3c(c12)CCC3. The third-order valence-electron chi connectivity index (χ3n) is 2.83. The van der Waals surface area contributed by atoms with Crippen molar-refractivity contribution in [3.05, 3.63) is 28.4 Å². The van der Waals surface area contributed by atoms with Crippen molar-refractivity contribution in [3.63, 3.8) is 0 Å². The van der Waals surface area contributed by atoms with Crippen LogP contribution in [0.2, 0.25) is 0 Å². The summed E-state index contributed by atoms with van der Waals surface area (Å²) in [6, 6.07) is 0. The van der Waals surface area contributed by atoms with Crippen molar-refractivity contribution in [1.29, 1.82) is 0 Å². The first-order valence-corrected chi connectivity index (χ1v) is 7.65. The van der Waals surface area contributed by atoms with Crippen molar-refractivity contribution in [1.82, 2.24) is 9.97 Å². The van der Waals surface area contributed by atoms with Gasteiger partial charge in [0.05, 0.1) is 0 Å². The number of thioether (sulfide) groups is 1. The largest absolute Gasteiger partial charge is 0.229 e. The summed E-state index contributed by atoms with van der Waals surface area (Å²) < 4.78 is 0. The highest BCUT2D eigenvalue weighted by Crippen LogP contribution is 2.40. The molecule has 0 amide bonds. The zero-order chi connectivity index (χ0) is 11.8. The zero-order valence-electron chi connectivity index (χ0n) is 9.20. The summed E-state index contributed by atoms with van der Waals surface area (Å²) in [6.07, 6.45) is 5.27. The molecular weight excluding hydrogens is 272 g/mol. The molecule has 0 radical (unpaired) electrons. The maximum Gasteiger partial charge on any atom is 0.128 e. The van der Waals surface area contributed by atoms with Gasteiger partial charge < -0.3 is 0 Å². The third kappa shape index (κ3) is 2.09. The van der Waals surface area contributed by atoms with Crippen LogP contribution in [0.25, 0.3) is 10.2 Å². The van der Waals surface area contributed by atoms with Gasteiger partial charge in [-0.25, -0.2) is 9.97 Å². The van der Waals surface area contributed by atoms with Gasteiger partial charge in [0.25, 0.3) is 0 Å². The van der Waals surface area contributed by atoms with Crippen molar-refractivity contribution >= 4 is 44.9 Å². The van der Waals surface area contributed by atoms with Crippen LogP contribution in [-0.2, 0) is 12.8 Å². The highest BCUT2D eigenvalue weighted by Gasteiger charge is 2.21. The minimum Gasteiger partial charge on any atom is -0.229 e. The first-order chi connectivity index (χ1) is 8.25. The number of rotatable bonds is 3. The Morgan fingerprint density at radius 1 is 1.47 bits per heavy atom. The molecule has 2 aromatic rings. The minimum absolute atomic E-state index is 0.661. The third-order valence-corrected chi connectivity index (χ3v) is 5.40. The predicted octanol–water partition coefficient (Wildman–Crippen LogP) is 4.02. The van der Waals surface area contributed by atoms with E-state index in [0.717, 1.165) is 16.3 Å². The number of fused-ring (bicyclic) bond motifs is 3. The molecule has 2 nitrogen and oxygen atoms in total. The van der Waals surface area contributed by atoms with E-state index in [1.807, 2.05) is 11.3 Å². The Labute approximate surface area is 113 Å². The maximum atomic E-state index is 5.81. The minimum atomic E-state index is 0.661. The summed E-state index contributed by atoms with van der Waals surface area (Å²) in [7, 11) is 0. The normalized spacial score (nSPS) is 14.2. The van der Waals surface area contributed by atoms with E-state index < -0.39 is 0 Å². The second kappa shape index (κ2) is 4.59. The summed E-state index contributed by atoms with van der Waals surface area (Å²) >= 11 is 9.28. The number of hydrogen-bond acceptors (Lipinski definition) is 4. The first kappa shape index (κ1) is 11.5. The molecule has 0 saturated heterocycles. The molecule has 2 heterocycles. The molecule has 88 valence electrons. The van der Waals surface area contributed by atoms with Crippen LogP contribution in [0.4, 0.5) is 0 Å². The number of nitrogens with zero attached hydrogens (tertiary/aromatic N) is 2. The van der Waals surface area contributed by atoms with Gasteiger partial charge in [-0.2, -0.15) is 0 Å². The van der Waals surface area contributed by atoms with Crippen LogP contribution >= 0.6 is 34.7 Å². The smallest absolute Gasteiger partial charge is 0.128 e. The van der Waals surface area contributed by atoms with E-state index in [1.165, 1.54) is 28.7 Å². The molecule has 0 atom stereocenters. The monoisotopic (exact) mass is 282 g/mol. The van der Waals surface area contributed by atoms with Gasteiger partial charge in [0, 0.05) is 21.0 Å². The summed E-state index contributed by atoms with van der Waals surface area (Å²) in [6.45, 7) is 3.71. The van der Waals surface area contributed by atoms with Crippen LogP contribution in [0.5, 0.6) is 0 Å². The lowest BCUT2D eigenvalue weighted by Gasteiger charge is -2.02. The zero-order valence-corrected chi connectivity index (χ0v) is 11.6. The van der Waals surface area contributed by atoms with E-state index in [-0.39, 0.29) is 0 Å². The molecular formula is C12H11ClN2S2. The van der Waals surface area contributed by atoms with Crippen LogP contribution in [0.1, 0.15) is 16.9 Å². The van der Waals surface area contributed by atoms with Crippen LogP contribution in [0.15, 0.2) is 23.0 Å². The molecule has 0 fully saturated rings. The molecule has 1 aliphatic carbocycles. The van der Waals surface area contributed by atoms with Crippen LogP contribution in [-0.4, -0.2) is 15.7 Å². The van der Waals surface area contributed by atoms with Gasteiger partial charge in [-0.15, -0.1) is 11.3 Å². The Morgan fingerprint density at radius 3 is 3.18 bits per heavy atom. The second-order valence-electron chi connectivity index (χ2n) is 4.02. The summed E-state index contributed by atoms with van der Waals surface area (Å²) in [5.41, 5.74) is 1.47. The molecule has 3 rings (SSSR count). The molecule has 0 saturated carbocycles. The van der Waals surface area contributed by atoms with Gasteiger partial charge in [-0.1, -0.05) is 29.9 Å². The summed E-state index contributed by atoms with van der Waals surface area (Å²) in [5, 5.41) is 2.97. The van der Waals surface area contributed by atoms with Gasteiger partial charge >= 0.3 is 0 Å². The fourth-order valence-electron chi connectivity index (χ4n) is 2.16. The highest BCUT2D eigenvalue weighted by atomic mass is 35.5. The van der Waals surface area contributed by atoms with Crippen molar-refractivity contribution in [2.75, 3.05) is 5.75 Å². The lowest BCUT2D eigenvalue weighted by atomic mass is 10.2. The fourth-order valence-corrected chi connectivity index (χ4v) is 4.39. The van der Waals surface area contributed by atoms with E-state index in [1.54, 1.807) is 18.1 Å². The molecule has 0 spiro atoms. The molecule has 2 aromatic heterocycles. The van der Waals surface area contributed by atoms with Crippen molar-refractivity contribution in [3.8, 4) is 0 Å². The summed E-state index contributed by atoms with van der Waals surface area (Å²) in [5.74, 6) is 0.707. The number of halogens is 1. The molecule has 5 heteroatoms. The quantitative estimate of drug-likeness (QED) is 0.628. The predicted molar refractivity (Wildman–Crippen MR) is 75.2 cm³/mol. The Bertz CT molecular complexity index is 591. The van der Waals surface area contributed by atoms with Crippen LogP contribution in [0.3, 0.4) is 0 Å². The van der Waals surface area contributed by atoms with E-state index in [2.05, 4.69) is 16.5 Å². The molecule has 17 heavy (non-hydrogen) atoms. The highest BCUT2D eigenvalue weighted by molar-refractivity contribution is 7.99. The summed E-state index contributed by atoms with van der Waals surface area (Å²) in [4.78, 5) is 11.4. The topological polar surface area (TPSA) is 25.8 Å². The molecule has 0 aliphatic heterocycles. The number of aromatic nitrogens is 2.